The summed E-state index contributed by atoms with van der Waals surface area (Å²) in [6.45, 7) is 0.808. The van der Waals surface area contributed by atoms with Gasteiger partial charge < -0.3 is 20.1 Å². The van der Waals surface area contributed by atoms with Crippen molar-refractivity contribution in [3.63, 3.8) is 0 Å². The quantitative estimate of drug-likeness (QED) is 0.405. The van der Waals surface area contributed by atoms with Crippen LogP contribution < -0.4 is 20.1 Å². The molecule has 1 saturated carbocycles. The molecule has 2 aromatic carbocycles. The second-order valence-electron chi connectivity index (χ2n) is 9.31. The van der Waals surface area contributed by atoms with Crippen molar-refractivity contribution in [1.82, 2.24) is 15.6 Å². The fourth-order valence-corrected chi connectivity index (χ4v) is 5.91. The lowest BCUT2D eigenvalue weighted by molar-refractivity contribution is 0.0821. The zero-order valence-corrected chi connectivity index (χ0v) is 21.4. The minimum Gasteiger partial charge on any atom is -0.497 e. The van der Waals surface area contributed by atoms with E-state index < -0.39 is 6.04 Å². The second-order valence-corrected chi connectivity index (χ2v) is 10.3. The van der Waals surface area contributed by atoms with Gasteiger partial charge in [-0.2, -0.15) is 0 Å². The fourth-order valence-electron chi connectivity index (χ4n) is 4.66. The molecule has 3 aromatic rings. The Morgan fingerprint density at radius 2 is 1.86 bits per heavy atom. The molecule has 0 bridgehead atoms. The molecule has 0 radical (unpaired) electrons. The van der Waals surface area contributed by atoms with Gasteiger partial charge in [-0.15, -0.1) is 11.3 Å². The first-order chi connectivity index (χ1) is 17.6. The topological polar surface area (TPSA) is 89.5 Å². The predicted molar refractivity (Wildman–Crippen MR) is 140 cm³/mol. The number of hydrogen-bond acceptors (Lipinski definition) is 7. The second kappa shape index (κ2) is 10.8. The normalized spacial score (nSPS) is 18.3. The third-order valence-corrected chi connectivity index (χ3v) is 8.08. The average Bonchev–Trinajstić information content (AvgIpc) is 3.69. The van der Waals surface area contributed by atoms with Gasteiger partial charge in [-0.25, -0.2) is 4.98 Å². The number of nitrogens with zero attached hydrogens (tertiary/aromatic N) is 1. The van der Waals surface area contributed by atoms with Gasteiger partial charge in [0.05, 0.1) is 29.7 Å². The van der Waals surface area contributed by atoms with Crippen molar-refractivity contribution in [2.45, 2.75) is 50.1 Å². The van der Waals surface area contributed by atoms with Crippen LogP contribution in [0.2, 0.25) is 0 Å². The molecule has 2 N–H and O–H groups in total. The molecule has 7 nitrogen and oxygen atoms in total. The highest BCUT2D eigenvalue weighted by Crippen LogP contribution is 2.45. The molecular formula is C28H31N3O4S. The largest absolute Gasteiger partial charge is 0.497 e. The molecule has 1 aliphatic heterocycles. The zero-order chi connectivity index (χ0) is 25.1. The minimum atomic E-state index is -0.759. The summed E-state index contributed by atoms with van der Waals surface area (Å²) in [4.78, 5) is 33.4. The lowest BCUT2D eigenvalue weighted by atomic mass is 9.92. The van der Waals surface area contributed by atoms with E-state index in [1.807, 2.05) is 30.3 Å². The molecule has 188 valence electrons. The highest BCUT2D eigenvalue weighted by atomic mass is 32.1. The number of aromatic nitrogens is 1. The summed E-state index contributed by atoms with van der Waals surface area (Å²) in [7, 11) is 3.07. The van der Waals surface area contributed by atoms with Crippen LogP contribution in [0.25, 0.3) is 10.4 Å². The number of carbonyl (C=O) groups is 2. The number of thiazole rings is 1. The number of methoxy groups -OCH3 is 2. The molecule has 1 amide bonds. The van der Waals surface area contributed by atoms with Crippen LogP contribution in [0.15, 0.2) is 48.5 Å². The van der Waals surface area contributed by atoms with Crippen molar-refractivity contribution >= 4 is 23.0 Å². The lowest BCUT2D eigenvalue weighted by Crippen LogP contribution is -2.55. The first-order valence-electron chi connectivity index (χ1n) is 12.5. The number of amides is 1. The van der Waals surface area contributed by atoms with Crippen molar-refractivity contribution < 1.29 is 19.1 Å². The fraction of sp³-hybridized carbons (Fsp3) is 0.393. The van der Waals surface area contributed by atoms with E-state index in [-0.39, 0.29) is 17.7 Å². The highest BCUT2D eigenvalue weighted by Gasteiger charge is 2.37. The smallest absolute Gasteiger partial charge is 0.255 e. The van der Waals surface area contributed by atoms with E-state index in [1.54, 1.807) is 36.6 Å². The standard InChI is InChI=1S/C28H31N3O4S/c1-34-19-13-14-22(35-2)20(16-19)27(33)30-23(21-10-6-7-15-29-21)25(32)24-26(17-8-4-3-5-9-17)36-28(31-24)18-11-12-18/h3-5,8-9,13-14,16,18,21,23,29H,6-7,10-12,15H2,1-2H3,(H,30,33)/t21?,23-/m0/s1. The number of hydrogen-bond donors (Lipinski definition) is 2. The number of benzene rings is 2. The SMILES string of the molecule is COc1ccc(OC)c(C(=O)N[C@H](C(=O)c2nc(C3CC3)sc2-c2ccccc2)C2CCCCN2)c1. The predicted octanol–water partition coefficient (Wildman–Crippen LogP) is 4.83. The third-order valence-electron chi connectivity index (χ3n) is 6.81. The van der Waals surface area contributed by atoms with Gasteiger partial charge in [-0.05, 0) is 56.0 Å². The number of nitrogens with one attached hydrogen (secondary N) is 2. The van der Waals surface area contributed by atoms with Gasteiger partial charge in [0.15, 0.2) is 0 Å². The maximum Gasteiger partial charge on any atom is 0.255 e. The van der Waals surface area contributed by atoms with Crippen molar-refractivity contribution in [3.05, 3.63) is 64.8 Å². The molecule has 36 heavy (non-hydrogen) atoms. The molecule has 1 saturated heterocycles. The molecule has 2 fully saturated rings. The van der Waals surface area contributed by atoms with E-state index >= 15 is 0 Å². The van der Waals surface area contributed by atoms with Crippen LogP contribution in [0, 0.1) is 0 Å². The first kappa shape index (κ1) is 24.5. The molecule has 1 unspecified atom stereocenters. The average molecular weight is 506 g/mol. The Bertz CT molecular complexity index is 1230. The van der Waals surface area contributed by atoms with E-state index in [1.165, 1.54) is 7.11 Å². The van der Waals surface area contributed by atoms with E-state index in [0.29, 0.717) is 28.7 Å². The first-order valence-corrected chi connectivity index (χ1v) is 13.3. The van der Waals surface area contributed by atoms with E-state index in [0.717, 1.165) is 54.1 Å². The Hall–Kier alpha value is -3.23. The number of piperidine rings is 1. The summed E-state index contributed by atoms with van der Waals surface area (Å²) in [5.74, 6) is 0.855. The molecule has 8 heteroatoms. The Morgan fingerprint density at radius 1 is 1.06 bits per heavy atom. The van der Waals surface area contributed by atoms with Gasteiger partial charge in [-0.1, -0.05) is 36.8 Å². The van der Waals surface area contributed by atoms with Crippen LogP contribution in [0.1, 0.15) is 63.9 Å². The molecular weight excluding hydrogens is 474 g/mol. The minimum absolute atomic E-state index is 0.161. The summed E-state index contributed by atoms with van der Waals surface area (Å²) >= 11 is 1.60. The summed E-state index contributed by atoms with van der Waals surface area (Å²) in [5.41, 5.74) is 1.75. The zero-order valence-electron chi connectivity index (χ0n) is 20.6. The van der Waals surface area contributed by atoms with E-state index in [2.05, 4.69) is 10.6 Å². The number of ketones is 1. The Balaban J connectivity index is 1.51. The van der Waals surface area contributed by atoms with Gasteiger partial charge >= 0.3 is 0 Å². The summed E-state index contributed by atoms with van der Waals surface area (Å²) in [5, 5.41) is 7.51. The van der Waals surface area contributed by atoms with Crippen LogP contribution in [0.3, 0.4) is 0 Å². The molecule has 2 atom stereocenters. The molecule has 5 rings (SSSR count). The number of Topliss-reactive ketones (excluding diaryl/α,β-unsaturated/α-hetero) is 1. The van der Waals surface area contributed by atoms with Gasteiger partial charge in [0.2, 0.25) is 5.78 Å². The summed E-state index contributed by atoms with van der Waals surface area (Å²) < 4.78 is 10.7. The maximum absolute atomic E-state index is 14.2. The van der Waals surface area contributed by atoms with Crippen molar-refractivity contribution in [2.75, 3.05) is 20.8 Å². The molecule has 1 aliphatic carbocycles. The molecule has 2 heterocycles. The van der Waals surface area contributed by atoms with Crippen LogP contribution in [0.4, 0.5) is 0 Å². The van der Waals surface area contributed by atoms with Crippen LogP contribution in [0.5, 0.6) is 11.5 Å². The van der Waals surface area contributed by atoms with Gasteiger partial charge in [0.25, 0.3) is 5.91 Å². The van der Waals surface area contributed by atoms with Gasteiger partial charge in [-0.3, -0.25) is 9.59 Å². The van der Waals surface area contributed by atoms with E-state index in [9.17, 15) is 9.59 Å². The Morgan fingerprint density at radius 3 is 2.53 bits per heavy atom. The van der Waals surface area contributed by atoms with Crippen LogP contribution in [-0.4, -0.2) is 49.5 Å². The summed E-state index contributed by atoms with van der Waals surface area (Å²) in [6, 6.07) is 14.0. The number of carbonyl (C=O) groups excluding carboxylic acids is 2. The van der Waals surface area contributed by atoms with Crippen molar-refractivity contribution in [3.8, 4) is 21.9 Å². The molecule has 0 spiro atoms. The van der Waals surface area contributed by atoms with Crippen LogP contribution in [-0.2, 0) is 0 Å². The van der Waals surface area contributed by atoms with Crippen molar-refractivity contribution in [2.24, 2.45) is 0 Å². The number of ether oxygens (including phenoxy) is 2. The number of rotatable bonds is 9. The highest BCUT2D eigenvalue weighted by molar-refractivity contribution is 7.15. The molecule has 1 aromatic heterocycles. The maximum atomic E-state index is 14.2. The lowest BCUT2D eigenvalue weighted by Gasteiger charge is -2.31. The molecule has 2 aliphatic rings. The monoisotopic (exact) mass is 505 g/mol. The van der Waals surface area contributed by atoms with Gasteiger partial charge in [0, 0.05) is 12.0 Å². The van der Waals surface area contributed by atoms with Crippen molar-refractivity contribution in [1.29, 1.82) is 0 Å². The van der Waals surface area contributed by atoms with E-state index in [4.69, 9.17) is 14.5 Å². The Kier molecular flexibility index (Phi) is 7.34. The third kappa shape index (κ3) is 5.15. The Labute approximate surface area is 215 Å². The summed E-state index contributed by atoms with van der Waals surface area (Å²) in [6.07, 6.45) is 5.06. The van der Waals surface area contributed by atoms with Crippen LogP contribution >= 0.6 is 11.3 Å². The van der Waals surface area contributed by atoms with Gasteiger partial charge in [0.1, 0.15) is 23.2 Å².